The summed E-state index contributed by atoms with van der Waals surface area (Å²) in [6, 6.07) is 10.3. The first kappa shape index (κ1) is 7.56. The molecule has 0 N–H and O–H groups in total. The zero-order valence-corrected chi connectivity index (χ0v) is 6.94. The molecular weight excluding hydrogens is 148 g/mol. The van der Waals surface area contributed by atoms with Crippen LogP contribution in [0.1, 0.15) is 12.0 Å². The lowest BCUT2D eigenvalue weighted by Crippen LogP contribution is -2.23. The predicted octanol–water partition coefficient (Wildman–Crippen LogP) is 2.49. The van der Waals surface area contributed by atoms with Crippen molar-refractivity contribution in [2.45, 2.75) is 12.5 Å². The summed E-state index contributed by atoms with van der Waals surface area (Å²) >= 11 is 0. The molecule has 1 aliphatic rings. The Morgan fingerprint density at radius 2 is 2.00 bits per heavy atom. The summed E-state index contributed by atoms with van der Waals surface area (Å²) in [6.45, 7) is 0.920. The van der Waals surface area contributed by atoms with E-state index in [4.69, 9.17) is 4.74 Å². The first-order chi connectivity index (χ1) is 5.95. The third-order valence-electron chi connectivity index (χ3n) is 2.04. The Labute approximate surface area is 72.7 Å². The van der Waals surface area contributed by atoms with Gasteiger partial charge in [0.2, 0.25) is 0 Å². The molecule has 0 spiro atoms. The molecule has 0 bridgehead atoms. The van der Waals surface area contributed by atoms with E-state index in [0.717, 1.165) is 6.61 Å². The molecule has 1 aromatic carbocycles. The Kier molecular flexibility index (Phi) is 2.23. The molecule has 1 aliphatic heterocycles. The van der Waals surface area contributed by atoms with Crippen LogP contribution < -0.4 is 0 Å². The lowest BCUT2D eigenvalue weighted by Gasteiger charge is -2.22. The van der Waals surface area contributed by atoms with Gasteiger partial charge in [-0.3, -0.25) is 0 Å². The molecule has 1 saturated heterocycles. The van der Waals surface area contributed by atoms with Gasteiger partial charge >= 0.3 is 0 Å². The van der Waals surface area contributed by atoms with Crippen molar-refractivity contribution in [1.82, 2.24) is 0 Å². The maximum atomic E-state index is 5.27. The van der Waals surface area contributed by atoms with Gasteiger partial charge in [-0.25, -0.2) is 0 Å². The van der Waals surface area contributed by atoms with E-state index in [1.54, 1.807) is 0 Å². The summed E-state index contributed by atoms with van der Waals surface area (Å²) in [7, 11) is 0. The van der Waals surface area contributed by atoms with Crippen LogP contribution in [0.15, 0.2) is 36.4 Å². The highest BCUT2D eigenvalue weighted by Gasteiger charge is 2.13. The molecular formula is C11H12O. The molecule has 0 aromatic heterocycles. The Morgan fingerprint density at radius 1 is 1.25 bits per heavy atom. The van der Waals surface area contributed by atoms with E-state index >= 15 is 0 Å². The van der Waals surface area contributed by atoms with Crippen molar-refractivity contribution >= 4 is 6.08 Å². The minimum Gasteiger partial charge on any atom is -0.374 e. The van der Waals surface area contributed by atoms with Gasteiger partial charge in [0, 0.05) is 6.42 Å². The van der Waals surface area contributed by atoms with E-state index < -0.39 is 0 Å². The van der Waals surface area contributed by atoms with Crippen molar-refractivity contribution in [3.05, 3.63) is 42.0 Å². The molecule has 0 radical (unpaired) electrons. The molecule has 1 aromatic rings. The van der Waals surface area contributed by atoms with Gasteiger partial charge < -0.3 is 4.74 Å². The number of hydrogen-bond acceptors (Lipinski definition) is 1. The molecule has 1 heteroatoms. The first-order valence-electron chi connectivity index (χ1n) is 4.30. The Balaban J connectivity index is 1.98. The van der Waals surface area contributed by atoms with Crippen molar-refractivity contribution in [2.24, 2.45) is 0 Å². The van der Waals surface area contributed by atoms with Crippen molar-refractivity contribution in [3.63, 3.8) is 0 Å². The minimum atomic E-state index is 0.366. The van der Waals surface area contributed by atoms with E-state index in [9.17, 15) is 0 Å². The molecule has 1 heterocycles. The average molecular weight is 160 g/mol. The normalized spacial score (nSPS) is 22.5. The van der Waals surface area contributed by atoms with Crippen molar-refractivity contribution in [2.75, 3.05) is 6.61 Å². The predicted molar refractivity (Wildman–Crippen MR) is 49.8 cm³/mol. The highest BCUT2D eigenvalue weighted by Crippen LogP contribution is 2.13. The molecule has 0 amide bonds. The number of ether oxygens (including phenoxy) is 1. The molecule has 0 saturated carbocycles. The van der Waals surface area contributed by atoms with Crippen LogP contribution in [0.2, 0.25) is 0 Å². The van der Waals surface area contributed by atoms with Gasteiger partial charge in [-0.05, 0) is 5.56 Å². The van der Waals surface area contributed by atoms with Crippen molar-refractivity contribution in [3.8, 4) is 0 Å². The second kappa shape index (κ2) is 3.55. The monoisotopic (exact) mass is 160 g/mol. The Bertz CT molecular complexity index is 260. The molecule has 1 atom stereocenters. The van der Waals surface area contributed by atoms with E-state index in [1.165, 1.54) is 12.0 Å². The van der Waals surface area contributed by atoms with Crippen molar-refractivity contribution < 1.29 is 4.74 Å². The fourth-order valence-electron chi connectivity index (χ4n) is 1.19. The average Bonchev–Trinajstić information content (AvgIpc) is 2.04. The molecule has 12 heavy (non-hydrogen) atoms. The lowest BCUT2D eigenvalue weighted by molar-refractivity contribution is -0.0180. The highest BCUT2D eigenvalue weighted by atomic mass is 16.5. The second-order valence-electron chi connectivity index (χ2n) is 2.97. The standard InChI is InChI=1S/C11H12O/c1-2-4-10(5-3-1)6-7-11-8-9-12-11/h1-7,11H,8-9H2/b7-6+. The maximum absolute atomic E-state index is 5.27. The molecule has 0 aliphatic carbocycles. The molecule has 2 rings (SSSR count). The summed E-state index contributed by atoms with van der Waals surface area (Å²) < 4.78 is 5.27. The van der Waals surface area contributed by atoms with Crippen LogP contribution in [0, 0.1) is 0 Å². The molecule has 1 fully saturated rings. The summed E-state index contributed by atoms with van der Waals surface area (Å²) in [5, 5.41) is 0. The second-order valence-corrected chi connectivity index (χ2v) is 2.97. The Hall–Kier alpha value is -1.08. The van der Waals surface area contributed by atoms with Gasteiger partial charge in [0.1, 0.15) is 0 Å². The quantitative estimate of drug-likeness (QED) is 0.645. The summed E-state index contributed by atoms with van der Waals surface area (Å²) in [5.41, 5.74) is 1.24. The molecule has 1 unspecified atom stereocenters. The van der Waals surface area contributed by atoms with Gasteiger partial charge in [0.25, 0.3) is 0 Å². The van der Waals surface area contributed by atoms with Gasteiger partial charge in [0.05, 0.1) is 12.7 Å². The molecule has 1 nitrogen and oxygen atoms in total. The molecule has 62 valence electrons. The van der Waals surface area contributed by atoms with Crippen LogP contribution in [0.4, 0.5) is 0 Å². The summed E-state index contributed by atoms with van der Waals surface area (Å²) in [6.07, 6.45) is 5.77. The summed E-state index contributed by atoms with van der Waals surface area (Å²) in [4.78, 5) is 0. The number of hydrogen-bond donors (Lipinski definition) is 0. The first-order valence-corrected chi connectivity index (χ1v) is 4.30. The smallest absolute Gasteiger partial charge is 0.0781 e. The SMILES string of the molecule is C(=C\C1CCO1)/c1ccccc1. The zero-order valence-electron chi connectivity index (χ0n) is 6.94. The fraction of sp³-hybridized carbons (Fsp3) is 0.273. The van der Waals surface area contributed by atoms with Crippen molar-refractivity contribution in [1.29, 1.82) is 0 Å². The summed E-state index contributed by atoms with van der Waals surface area (Å²) in [5.74, 6) is 0. The largest absolute Gasteiger partial charge is 0.374 e. The lowest BCUT2D eigenvalue weighted by atomic mass is 10.1. The van der Waals surface area contributed by atoms with Crippen LogP contribution in [0.25, 0.3) is 6.08 Å². The van der Waals surface area contributed by atoms with Crippen LogP contribution in [-0.2, 0) is 4.74 Å². The third-order valence-corrected chi connectivity index (χ3v) is 2.04. The van der Waals surface area contributed by atoms with Crippen LogP contribution in [0.3, 0.4) is 0 Å². The van der Waals surface area contributed by atoms with E-state index in [2.05, 4.69) is 24.3 Å². The van der Waals surface area contributed by atoms with E-state index in [0.29, 0.717) is 6.10 Å². The van der Waals surface area contributed by atoms with Gasteiger partial charge in [-0.2, -0.15) is 0 Å². The van der Waals surface area contributed by atoms with Gasteiger partial charge in [0.15, 0.2) is 0 Å². The third kappa shape index (κ3) is 1.74. The van der Waals surface area contributed by atoms with Gasteiger partial charge in [-0.15, -0.1) is 0 Å². The van der Waals surface area contributed by atoms with Crippen LogP contribution in [-0.4, -0.2) is 12.7 Å². The topological polar surface area (TPSA) is 9.23 Å². The number of rotatable bonds is 2. The van der Waals surface area contributed by atoms with Gasteiger partial charge in [-0.1, -0.05) is 42.5 Å². The van der Waals surface area contributed by atoms with E-state index in [-0.39, 0.29) is 0 Å². The van der Waals surface area contributed by atoms with Crippen LogP contribution >= 0.6 is 0 Å². The Morgan fingerprint density at radius 3 is 2.58 bits per heavy atom. The highest BCUT2D eigenvalue weighted by molar-refractivity contribution is 5.49. The maximum Gasteiger partial charge on any atom is 0.0781 e. The zero-order chi connectivity index (χ0) is 8.23. The fourth-order valence-corrected chi connectivity index (χ4v) is 1.19. The number of benzene rings is 1. The van der Waals surface area contributed by atoms with Crippen LogP contribution in [0.5, 0.6) is 0 Å². The minimum absolute atomic E-state index is 0.366. The van der Waals surface area contributed by atoms with E-state index in [1.807, 2.05) is 18.2 Å².